The van der Waals surface area contributed by atoms with Gasteiger partial charge < -0.3 is 10.1 Å². The van der Waals surface area contributed by atoms with Gasteiger partial charge in [0.1, 0.15) is 0 Å². The van der Waals surface area contributed by atoms with E-state index in [0.29, 0.717) is 6.10 Å². The van der Waals surface area contributed by atoms with E-state index in [4.69, 9.17) is 11.2 Å². The molecule has 1 rings (SSSR count). The van der Waals surface area contributed by atoms with Crippen molar-refractivity contribution in [3.05, 3.63) is 0 Å². The van der Waals surface area contributed by atoms with Crippen LogP contribution in [0.15, 0.2) is 0 Å². The number of hydrogen-bond donors (Lipinski definition) is 1. The molecule has 1 heterocycles. The predicted molar refractivity (Wildman–Crippen MR) is 63.8 cm³/mol. The molecular formula is C13H23NO. The molecule has 1 saturated heterocycles. The number of unbranched alkanes of at least 4 members (excludes halogenated alkanes) is 2. The maximum atomic E-state index is 5.56. The molecule has 86 valence electrons. The maximum Gasteiger partial charge on any atom is 0.0576 e. The highest BCUT2D eigenvalue weighted by molar-refractivity contribution is 4.82. The largest absolute Gasteiger partial charge is 0.378 e. The molecule has 1 N–H and O–H groups in total. The van der Waals surface area contributed by atoms with Crippen LogP contribution in [-0.4, -0.2) is 25.8 Å². The van der Waals surface area contributed by atoms with Crippen LogP contribution in [0.5, 0.6) is 0 Å². The average Bonchev–Trinajstić information content (AvgIpc) is 2.75. The van der Waals surface area contributed by atoms with Gasteiger partial charge in [-0.05, 0) is 51.6 Å². The van der Waals surface area contributed by atoms with E-state index < -0.39 is 0 Å². The zero-order chi connectivity index (χ0) is 10.8. The van der Waals surface area contributed by atoms with Crippen LogP contribution in [0, 0.1) is 12.3 Å². The summed E-state index contributed by atoms with van der Waals surface area (Å²) in [6, 6.07) is 0. The lowest BCUT2D eigenvalue weighted by atomic mass is 10.1. The van der Waals surface area contributed by atoms with E-state index in [9.17, 15) is 0 Å². The topological polar surface area (TPSA) is 21.3 Å². The van der Waals surface area contributed by atoms with Gasteiger partial charge in [0.2, 0.25) is 0 Å². The third-order valence-electron chi connectivity index (χ3n) is 2.83. The highest BCUT2D eigenvalue weighted by atomic mass is 16.5. The van der Waals surface area contributed by atoms with Gasteiger partial charge in [0.15, 0.2) is 0 Å². The van der Waals surface area contributed by atoms with E-state index in [2.05, 4.69) is 11.2 Å². The van der Waals surface area contributed by atoms with Gasteiger partial charge in [0.25, 0.3) is 0 Å². The number of nitrogens with one attached hydrogen (secondary N) is 1. The fourth-order valence-electron chi connectivity index (χ4n) is 1.93. The van der Waals surface area contributed by atoms with Crippen molar-refractivity contribution in [1.29, 1.82) is 0 Å². The SMILES string of the molecule is C#CCCCCNCCCC1CCCO1. The van der Waals surface area contributed by atoms with Crippen molar-refractivity contribution in [3.63, 3.8) is 0 Å². The van der Waals surface area contributed by atoms with Crippen molar-refractivity contribution in [2.75, 3.05) is 19.7 Å². The minimum absolute atomic E-state index is 0.549. The summed E-state index contributed by atoms with van der Waals surface area (Å²) in [4.78, 5) is 0. The van der Waals surface area contributed by atoms with Crippen LogP contribution in [0.3, 0.4) is 0 Å². The lowest BCUT2D eigenvalue weighted by Gasteiger charge is -2.09. The Labute approximate surface area is 93.8 Å². The van der Waals surface area contributed by atoms with Crippen LogP contribution < -0.4 is 5.32 Å². The summed E-state index contributed by atoms with van der Waals surface area (Å²) < 4.78 is 5.56. The maximum absolute atomic E-state index is 5.56. The van der Waals surface area contributed by atoms with Gasteiger partial charge in [0.05, 0.1) is 6.10 Å². The summed E-state index contributed by atoms with van der Waals surface area (Å²) in [5, 5.41) is 3.44. The van der Waals surface area contributed by atoms with Gasteiger partial charge in [-0.3, -0.25) is 0 Å². The van der Waals surface area contributed by atoms with Crippen LogP contribution >= 0.6 is 0 Å². The first-order valence-electron chi connectivity index (χ1n) is 6.19. The van der Waals surface area contributed by atoms with Crippen molar-refractivity contribution in [2.24, 2.45) is 0 Å². The van der Waals surface area contributed by atoms with Crippen LogP contribution in [0.1, 0.15) is 44.9 Å². The highest BCUT2D eigenvalue weighted by Crippen LogP contribution is 2.16. The van der Waals surface area contributed by atoms with Crippen LogP contribution in [0.2, 0.25) is 0 Å². The smallest absolute Gasteiger partial charge is 0.0576 e. The molecule has 0 bridgehead atoms. The lowest BCUT2D eigenvalue weighted by molar-refractivity contribution is 0.102. The molecule has 0 aliphatic carbocycles. The van der Waals surface area contributed by atoms with Crippen molar-refractivity contribution in [2.45, 2.75) is 51.0 Å². The summed E-state index contributed by atoms with van der Waals surface area (Å²) in [5.74, 6) is 2.66. The van der Waals surface area contributed by atoms with Crippen molar-refractivity contribution < 1.29 is 4.74 Å². The van der Waals surface area contributed by atoms with Crippen molar-refractivity contribution in [3.8, 4) is 12.3 Å². The summed E-state index contributed by atoms with van der Waals surface area (Å²) >= 11 is 0. The molecule has 1 aliphatic rings. The van der Waals surface area contributed by atoms with E-state index in [-0.39, 0.29) is 0 Å². The van der Waals surface area contributed by atoms with Gasteiger partial charge in [-0.1, -0.05) is 0 Å². The molecule has 0 aromatic carbocycles. The molecule has 1 aliphatic heterocycles. The van der Waals surface area contributed by atoms with Gasteiger partial charge in [-0.15, -0.1) is 12.3 Å². The van der Waals surface area contributed by atoms with E-state index in [0.717, 1.165) is 32.5 Å². The number of terminal acetylenes is 1. The molecule has 0 aromatic rings. The highest BCUT2D eigenvalue weighted by Gasteiger charge is 2.13. The van der Waals surface area contributed by atoms with E-state index in [1.165, 1.54) is 32.1 Å². The second kappa shape index (κ2) is 8.76. The molecule has 0 radical (unpaired) electrons. The zero-order valence-corrected chi connectivity index (χ0v) is 9.63. The fourth-order valence-corrected chi connectivity index (χ4v) is 1.93. The molecule has 1 fully saturated rings. The van der Waals surface area contributed by atoms with Crippen molar-refractivity contribution in [1.82, 2.24) is 5.32 Å². The fraction of sp³-hybridized carbons (Fsp3) is 0.846. The third-order valence-corrected chi connectivity index (χ3v) is 2.83. The van der Waals surface area contributed by atoms with Gasteiger partial charge >= 0.3 is 0 Å². The van der Waals surface area contributed by atoms with Crippen LogP contribution in [-0.2, 0) is 4.74 Å². The number of ether oxygens (including phenoxy) is 1. The Morgan fingerprint density at radius 3 is 2.87 bits per heavy atom. The first-order chi connectivity index (χ1) is 7.43. The van der Waals surface area contributed by atoms with E-state index >= 15 is 0 Å². The third kappa shape index (κ3) is 6.54. The van der Waals surface area contributed by atoms with Crippen molar-refractivity contribution >= 4 is 0 Å². The Hall–Kier alpha value is -0.520. The predicted octanol–water partition coefficient (Wildman–Crippen LogP) is 2.34. The van der Waals surface area contributed by atoms with E-state index in [1.807, 2.05) is 0 Å². The molecule has 0 saturated carbocycles. The molecule has 1 atom stereocenters. The standard InChI is InChI=1S/C13H23NO/c1-2-3-4-5-10-14-11-6-8-13-9-7-12-15-13/h1,13-14H,3-12H2. The summed E-state index contributed by atoms with van der Waals surface area (Å²) in [5.41, 5.74) is 0. The second-order valence-electron chi connectivity index (χ2n) is 4.19. The van der Waals surface area contributed by atoms with Crippen LogP contribution in [0.25, 0.3) is 0 Å². The Bertz CT molecular complexity index is 179. The molecular weight excluding hydrogens is 186 g/mol. The van der Waals surface area contributed by atoms with Gasteiger partial charge in [-0.2, -0.15) is 0 Å². The first kappa shape index (κ1) is 12.5. The normalized spacial score (nSPS) is 20.3. The Kier molecular flexibility index (Phi) is 7.33. The van der Waals surface area contributed by atoms with Gasteiger partial charge in [-0.25, -0.2) is 0 Å². The quantitative estimate of drug-likeness (QED) is 0.489. The second-order valence-corrected chi connectivity index (χ2v) is 4.19. The molecule has 0 amide bonds. The molecule has 0 spiro atoms. The van der Waals surface area contributed by atoms with Gasteiger partial charge in [0, 0.05) is 13.0 Å². The lowest BCUT2D eigenvalue weighted by Crippen LogP contribution is -2.18. The summed E-state index contributed by atoms with van der Waals surface area (Å²) in [6.07, 6.45) is 14.0. The molecule has 0 aromatic heterocycles. The summed E-state index contributed by atoms with van der Waals surface area (Å²) in [6.45, 7) is 3.20. The first-order valence-corrected chi connectivity index (χ1v) is 6.19. The minimum atomic E-state index is 0.549. The zero-order valence-electron chi connectivity index (χ0n) is 9.63. The Morgan fingerprint density at radius 2 is 2.13 bits per heavy atom. The number of hydrogen-bond acceptors (Lipinski definition) is 2. The molecule has 2 heteroatoms. The number of rotatable bonds is 8. The summed E-state index contributed by atoms with van der Waals surface area (Å²) in [7, 11) is 0. The molecule has 1 unspecified atom stereocenters. The Morgan fingerprint density at radius 1 is 1.27 bits per heavy atom. The molecule has 2 nitrogen and oxygen atoms in total. The van der Waals surface area contributed by atoms with Crippen LogP contribution in [0.4, 0.5) is 0 Å². The average molecular weight is 209 g/mol. The minimum Gasteiger partial charge on any atom is -0.378 e. The van der Waals surface area contributed by atoms with E-state index in [1.54, 1.807) is 0 Å². The molecule has 15 heavy (non-hydrogen) atoms. The Balaban J connectivity index is 1.75. The monoisotopic (exact) mass is 209 g/mol.